The topological polar surface area (TPSA) is 71.8 Å². The number of nitrogens with zero attached hydrogens (tertiary/aromatic N) is 3. The summed E-state index contributed by atoms with van der Waals surface area (Å²) in [5.74, 6) is 0.723. The molecule has 6 nitrogen and oxygen atoms in total. The Morgan fingerprint density at radius 1 is 1.33 bits per heavy atom. The predicted octanol–water partition coefficient (Wildman–Crippen LogP) is 4.62. The highest BCUT2D eigenvalue weighted by atomic mass is 35.5. The van der Waals surface area contributed by atoms with E-state index in [9.17, 15) is 18.0 Å². The highest BCUT2D eigenvalue weighted by molar-refractivity contribution is 7.98. The van der Waals surface area contributed by atoms with Gasteiger partial charge in [0.25, 0.3) is 0 Å². The average Bonchev–Trinajstić information content (AvgIpc) is 2.99. The summed E-state index contributed by atoms with van der Waals surface area (Å²) in [6.45, 7) is 4.27. The van der Waals surface area contributed by atoms with Crippen molar-refractivity contribution in [2.24, 2.45) is 0 Å². The number of urea groups is 1. The minimum atomic E-state index is -4.60. The first-order chi connectivity index (χ1) is 12.6. The van der Waals surface area contributed by atoms with Crippen LogP contribution in [0.25, 0.3) is 0 Å². The fourth-order valence-corrected chi connectivity index (χ4v) is 3.28. The lowest BCUT2D eigenvalue weighted by molar-refractivity contribution is -0.137. The van der Waals surface area contributed by atoms with Crippen molar-refractivity contribution >= 4 is 35.1 Å². The van der Waals surface area contributed by atoms with E-state index in [2.05, 4.69) is 20.8 Å². The number of aromatic nitrogens is 3. The van der Waals surface area contributed by atoms with E-state index in [1.165, 1.54) is 17.8 Å². The van der Waals surface area contributed by atoms with Gasteiger partial charge in [0.2, 0.25) is 0 Å². The lowest BCUT2D eigenvalue weighted by Gasteiger charge is -2.14. The molecule has 1 heterocycles. The molecule has 0 atom stereocenters. The first kappa shape index (κ1) is 21.4. The highest BCUT2D eigenvalue weighted by Gasteiger charge is 2.33. The van der Waals surface area contributed by atoms with Crippen molar-refractivity contribution in [3.8, 4) is 0 Å². The summed E-state index contributed by atoms with van der Waals surface area (Å²) < 4.78 is 40.6. The largest absolute Gasteiger partial charge is 0.417 e. The van der Waals surface area contributed by atoms with Crippen LogP contribution in [0.5, 0.6) is 0 Å². The first-order valence-electron chi connectivity index (χ1n) is 8.02. The standard InChI is InChI=1S/C16H19ClF3N5OS/c1-9(2)25-13(23-24-15(25)27-3)6-7-21-14(26)22-10-4-5-12(17)11(8-10)16(18,19)20/h4-5,8-9H,6-7H2,1-3H3,(H2,21,22,26). The molecule has 0 saturated heterocycles. The van der Waals surface area contributed by atoms with Crippen LogP contribution < -0.4 is 10.6 Å². The van der Waals surface area contributed by atoms with Crippen LogP contribution in [0.15, 0.2) is 23.4 Å². The number of anilines is 1. The third-order valence-corrected chi connectivity index (χ3v) is 4.57. The van der Waals surface area contributed by atoms with E-state index in [1.807, 2.05) is 24.7 Å². The van der Waals surface area contributed by atoms with Gasteiger partial charge in [-0.25, -0.2) is 4.79 Å². The van der Waals surface area contributed by atoms with Gasteiger partial charge in [0, 0.05) is 24.7 Å². The lowest BCUT2D eigenvalue weighted by Crippen LogP contribution is -2.31. The molecule has 0 aliphatic rings. The Balaban J connectivity index is 1.95. The van der Waals surface area contributed by atoms with E-state index in [0.29, 0.717) is 6.42 Å². The zero-order chi connectivity index (χ0) is 20.2. The Morgan fingerprint density at radius 3 is 2.63 bits per heavy atom. The fourth-order valence-electron chi connectivity index (χ4n) is 2.42. The van der Waals surface area contributed by atoms with Crippen molar-refractivity contribution in [1.29, 1.82) is 0 Å². The molecule has 27 heavy (non-hydrogen) atoms. The molecule has 1 aromatic heterocycles. The van der Waals surface area contributed by atoms with Crippen LogP contribution in [0.3, 0.4) is 0 Å². The minimum Gasteiger partial charge on any atom is -0.337 e. The fraction of sp³-hybridized carbons (Fsp3) is 0.438. The molecule has 11 heteroatoms. The summed E-state index contributed by atoms with van der Waals surface area (Å²) in [5, 5.41) is 13.5. The Labute approximate surface area is 163 Å². The van der Waals surface area contributed by atoms with Crippen LogP contribution >= 0.6 is 23.4 Å². The van der Waals surface area contributed by atoms with Gasteiger partial charge in [-0.3, -0.25) is 0 Å². The molecule has 0 fully saturated rings. The van der Waals surface area contributed by atoms with Crippen LogP contribution in [0.1, 0.15) is 31.3 Å². The number of thioether (sulfide) groups is 1. The number of nitrogens with one attached hydrogen (secondary N) is 2. The molecule has 148 valence electrons. The second-order valence-electron chi connectivity index (χ2n) is 5.89. The van der Waals surface area contributed by atoms with E-state index < -0.39 is 22.8 Å². The van der Waals surface area contributed by atoms with E-state index >= 15 is 0 Å². The van der Waals surface area contributed by atoms with E-state index in [0.717, 1.165) is 23.1 Å². The maximum Gasteiger partial charge on any atom is 0.417 e. The van der Waals surface area contributed by atoms with Crippen LogP contribution in [-0.2, 0) is 12.6 Å². The molecule has 0 unspecified atom stereocenters. The summed E-state index contributed by atoms with van der Waals surface area (Å²) >= 11 is 7.04. The van der Waals surface area contributed by atoms with Crippen molar-refractivity contribution in [1.82, 2.24) is 20.1 Å². The molecule has 0 spiro atoms. The number of carbonyl (C=O) groups is 1. The van der Waals surface area contributed by atoms with Crippen LogP contribution in [0.4, 0.5) is 23.7 Å². The summed E-state index contributed by atoms with van der Waals surface area (Å²) in [5.41, 5.74) is -1.00. The number of carbonyl (C=O) groups excluding carboxylic acids is 1. The second-order valence-corrected chi connectivity index (χ2v) is 7.07. The third-order valence-electron chi connectivity index (χ3n) is 3.60. The Morgan fingerprint density at radius 2 is 2.04 bits per heavy atom. The molecule has 2 amide bonds. The number of rotatable bonds is 6. The highest BCUT2D eigenvalue weighted by Crippen LogP contribution is 2.36. The maximum atomic E-state index is 12.9. The lowest BCUT2D eigenvalue weighted by atomic mass is 10.2. The zero-order valence-electron chi connectivity index (χ0n) is 14.9. The number of hydrogen-bond acceptors (Lipinski definition) is 4. The summed E-state index contributed by atoms with van der Waals surface area (Å²) in [6.07, 6.45) is -2.26. The van der Waals surface area contributed by atoms with Gasteiger partial charge in [-0.1, -0.05) is 23.4 Å². The molecule has 2 rings (SSSR count). The smallest absolute Gasteiger partial charge is 0.337 e. The van der Waals surface area contributed by atoms with Gasteiger partial charge < -0.3 is 15.2 Å². The molecule has 0 aliphatic heterocycles. The Hall–Kier alpha value is -1.94. The molecule has 0 radical (unpaired) electrons. The number of halogens is 4. The van der Waals surface area contributed by atoms with E-state index in [4.69, 9.17) is 11.6 Å². The number of benzene rings is 1. The van der Waals surface area contributed by atoms with Crippen molar-refractivity contribution in [3.63, 3.8) is 0 Å². The number of hydrogen-bond donors (Lipinski definition) is 2. The van der Waals surface area contributed by atoms with Crippen LogP contribution in [0.2, 0.25) is 5.02 Å². The van der Waals surface area contributed by atoms with Crippen molar-refractivity contribution in [3.05, 3.63) is 34.6 Å². The van der Waals surface area contributed by atoms with Crippen LogP contribution in [-0.4, -0.2) is 33.6 Å². The van der Waals surface area contributed by atoms with Crippen LogP contribution in [0, 0.1) is 0 Å². The monoisotopic (exact) mass is 421 g/mol. The van der Waals surface area contributed by atoms with Gasteiger partial charge in [0.1, 0.15) is 5.82 Å². The Bertz CT molecular complexity index is 810. The summed E-state index contributed by atoms with van der Waals surface area (Å²) in [7, 11) is 0. The molecular formula is C16H19ClF3N5OS. The SMILES string of the molecule is CSc1nnc(CCNC(=O)Nc2ccc(Cl)c(C(F)(F)F)c2)n1C(C)C. The molecule has 0 aliphatic carbocycles. The van der Waals surface area contributed by atoms with Gasteiger partial charge in [0.05, 0.1) is 10.6 Å². The van der Waals surface area contributed by atoms with Gasteiger partial charge >= 0.3 is 12.2 Å². The summed E-state index contributed by atoms with van der Waals surface area (Å²) in [4.78, 5) is 11.9. The van der Waals surface area contributed by atoms with E-state index in [1.54, 1.807) is 0 Å². The molecule has 0 saturated carbocycles. The normalized spacial score (nSPS) is 11.7. The zero-order valence-corrected chi connectivity index (χ0v) is 16.5. The summed E-state index contributed by atoms with van der Waals surface area (Å²) in [6, 6.07) is 2.74. The maximum absolute atomic E-state index is 12.9. The minimum absolute atomic E-state index is 0.000702. The molecular weight excluding hydrogens is 403 g/mol. The molecule has 2 aromatic rings. The number of alkyl halides is 3. The molecule has 0 bridgehead atoms. The third kappa shape index (κ3) is 5.52. The van der Waals surface area contributed by atoms with Crippen molar-refractivity contribution in [2.75, 3.05) is 18.1 Å². The van der Waals surface area contributed by atoms with Gasteiger partial charge in [0.15, 0.2) is 5.16 Å². The van der Waals surface area contributed by atoms with Crippen molar-refractivity contribution < 1.29 is 18.0 Å². The second kappa shape index (κ2) is 8.83. The first-order valence-corrected chi connectivity index (χ1v) is 9.63. The van der Waals surface area contributed by atoms with Gasteiger partial charge in [-0.2, -0.15) is 13.2 Å². The quantitative estimate of drug-likeness (QED) is 0.668. The average molecular weight is 422 g/mol. The van der Waals surface area contributed by atoms with Gasteiger partial charge in [-0.15, -0.1) is 10.2 Å². The molecule has 2 N–H and O–H groups in total. The van der Waals surface area contributed by atoms with E-state index in [-0.39, 0.29) is 18.3 Å². The van der Waals surface area contributed by atoms with Crippen molar-refractivity contribution in [2.45, 2.75) is 37.6 Å². The number of amides is 2. The Kier molecular flexibility index (Phi) is 6.99. The molecule has 1 aromatic carbocycles. The predicted molar refractivity (Wildman–Crippen MR) is 99.4 cm³/mol. The van der Waals surface area contributed by atoms with Gasteiger partial charge in [-0.05, 0) is 38.3 Å².